The average Bonchev–Trinajstić information content (AvgIpc) is 3.35. The van der Waals surface area contributed by atoms with Crippen LogP contribution in [-0.4, -0.2) is 32.1 Å². The van der Waals surface area contributed by atoms with Crippen LogP contribution in [0.3, 0.4) is 0 Å². The normalized spacial score (nSPS) is 11.7. The van der Waals surface area contributed by atoms with E-state index in [-0.39, 0.29) is 18.3 Å². The minimum absolute atomic E-state index is 0.193. The number of hydrogen-bond donors (Lipinski definition) is 1. The molecule has 0 aliphatic heterocycles. The van der Waals surface area contributed by atoms with Gasteiger partial charge >= 0.3 is 12.1 Å². The number of nitrogens with zero attached hydrogens (tertiary/aromatic N) is 4. The van der Waals surface area contributed by atoms with Gasteiger partial charge in [0.05, 0.1) is 17.4 Å². The van der Waals surface area contributed by atoms with Crippen LogP contribution in [0.4, 0.5) is 17.6 Å². The van der Waals surface area contributed by atoms with E-state index in [0.29, 0.717) is 28.7 Å². The van der Waals surface area contributed by atoms with Crippen molar-refractivity contribution in [2.24, 2.45) is 0 Å². The van der Waals surface area contributed by atoms with E-state index in [4.69, 9.17) is 0 Å². The van der Waals surface area contributed by atoms with Crippen molar-refractivity contribution in [3.63, 3.8) is 0 Å². The molecule has 0 unspecified atom stereocenters. The summed E-state index contributed by atoms with van der Waals surface area (Å²) >= 11 is 0. The Hall–Kier alpha value is -3.76. The first-order valence-corrected chi connectivity index (χ1v) is 8.71. The SMILES string of the molecule is O=C(NCCn1cnc2ccc(-c3noc(C(F)(F)F)n3)cc21)c1ccc(F)cc1. The molecule has 2 aromatic carbocycles. The lowest BCUT2D eigenvalue weighted by atomic mass is 10.2. The van der Waals surface area contributed by atoms with Gasteiger partial charge in [-0.05, 0) is 42.5 Å². The van der Waals surface area contributed by atoms with Crippen LogP contribution in [0.25, 0.3) is 22.4 Å². The molecule has 1 amide bonds. The molecule has 2 heterocycles. The Kier molecular flexibility index (Phi) is 4.94. The third-order valence-electron chi connectivity index (χ3n) is 4.29. The van der Waals surface area contributed by atoms with E-state index in [0.717, 1.165) is 0 Å². The van der Waals surface area contributed by atoms with Crippen molar-refractivity contribution in [1.82, 2.24) is 25.0 Å². The molecule has 154 valence electrons. The highest BCUT2D eigenvalue weighted by molar-refractivity contribution is 5.94. The lowest BCUT2D eigenvalue weighted by Gasteiger charge is -2.07. The number of hydrogen-bond acceptors (Lipinski definition) is 5. The van der Waals surface area contributed by atoms with Crippen molar-refractivity contribution in [2.45, 2.75) is 12.7 Å². The van der Waals surface area contributed by atoms with Gasteiger partial charge in [-0.25, -0.2) is 9.37 Å². The van der Waals surface area contributed by atoms with Gasteiger partial charge in [0.1, 0.15) is 5.82 Å². The van der Waals surface area contributed by atoms with Crippen LogP contribution < -0.4 is 5.32 Å². The van der Waals surface area contributed by atoms with Gasteiger partial charge < -0.3 is 14.4 Å². The zero-order valence-electron chi connectivity index (χ0n) is 15.2. The molecule has 0 spiro atoms. The van der Waals surface area contributed by atoms with Gasteiger partial charge in [-0.15, -0.1) is 0 Å². The maximum absolute atomic E-state index is 12.9. The fraction of sp³-hybridized carbons (Fsp3) is 0.158. The second kappa shape index (κ2) is 7.58. The molecular formula is C19H13F4N5O2. The number of imidazole rings is 1. The molecule has 0 atom stereocenters. The van der Waals surface area contributed by atoms with E-state index >= 15 is 0 Å². The summed E-state index contributed by atoms with van der Waals surface area (Å²) in [6.07, 6.45) is -3.17. The number of halogens is 4. The standard InChI is InChI=1S/C19H13F4N5O2/c20-13-4-1-11(2-5-13)17(29)24-7-8-28-10-25-14-6-3-12(9-15(14)28)16-26-18(30-27-16)19(21,22)23/h1-6,9-10H,7-8H2,(H,24,29). The summed E-state index contributed by atoms with van der Waals surface area (Å²) < 4.78 is 56.9. The van der Waals surface area contributed by atoms with E-state index in [1.807, 2.05) is 0 Å². The molecule has 0 aliphatic rings. The Morgan fingerprint density at radius 1 is 1.13 bits per heavy atom. The monoisotopic (exact) mass is 419 g/mol. The zero-order valence-corrected chi connectivity index (χ0v) is 15.2. The lowest BCUT2D eigenvalue weighted by Crippen LogP contribution is -2.27. The maximum Gasteiger partial charge on any atom is 0.471 e. The molecule has 4 rings (SSSR count). The van der Waals surface area contributed by atoms with Crippen molar-refractivity contribution in [1.29, 1.82) is 0 Å². The highest BCUT2D eigenvalue weighted by Gasteiger charge is 2.38. The highest BCUT2D eigenvalue weighted by atomic mass is 19.4. The van der Waals surface area contributed by atoms with Gasteiger partial charge in [0, 0.05) is 24.2 Å². The van der Waals surface area contributed by atoms with Crippen LogP contribution in [0, 0.1) is 5.82 Å². The fourth-order valence-corrected chi connectivity index (χ4v) is 2.82. The van der Waals surface area contributed by atoms with Gasteiger partial charge in [-0.2, -0.15) is 18.2 Å². The Balaban J connectivity index is 1.48. The van der Waals surface area contributed by atoms with Crippen molar-refractivity contribution in [2.75, 3.05) is 6.54 Å². The number of benzene rings is 2. The Morgan fingerprint density at radius 3 is 2.60 bits per heavy atom. The molecule has 0 bridgehead atoms. The van der Waals surface area contributed by atoms with E-state index in [1.165, 1.54) is 24.3 Å². The van der Waals surface area contributed by atoms with Crippen LogP contribution in [0.15, 0.2) is 53.3 Å². The Morgan fingerprint density at radius 2 is 1.90 bits per heavy atom. The molecule has 0 fully saturated rings. The maximum atomic E-state index is 12.9. The van der Waals surface area contributed by atoms with Crippen molar-refractivity contribution in [3.05, 3.63) is 66.1 Å². The Bertz CT molecular complexity index is 1200. The fourth-order valence-electron chi connectivity index (χ4n) is 2.82. The van der Waals surface area contributed by atoms with Gasteiger partial charge in [-0.3, -0.25) is 4.79 Å². The quantitative estimate of drug-likeness (QED) is 0.499. The molecule has 0 saturated carbocycles. The first-order valence-electron chi connectivity index (χ1n) is 8.71. The molecule has 0 aliphatic carbocycles. The van der Waals surface area contributed by atoms with E-state index in [9.17, 15) is 22.4 Å². The number of carbonyl (C=O) groups is 1. The summed E-state index contributed by atoms with van der Waals surface area (Å²) in [6, 6.07) is 9.91. The minimum Gasteiger partial charge on any atom is -0.350 e. The topological polar surface area (TPSA) is 85.8 Å². The minimum atomic E-state index is -4.72. The third-order valence-corrected chi connectivity index (χ3v) is 4.29. The van der Waals surface area contributed by atoms with Crippen molar-refractivity contribution in [3.8, 4) is 11.4 Å². The molecule has 30 heavy (non-hydrogen) atoms. The number of aromatic nitrogens is 4. The molecule has 0 saturated heterocycles. The van der Waals surface area contributed by atoms with E-state index < -0.39 is 17.9 Å². The first-order chi connectivity index (χ1) is 14.3. The first kappa shape index (κ1) is 19.6. The van der Waals surface area contributed by atoms with E-state index in [2.05, 4.69) is 25.0 Å². The zero-order chi connectivity index (χ0) is 21.3. The van der Waals surface area contributed by atoms with Crippen LogP contribution in [0.5, 0.6) is 0 Å². The molecule has 7 nitrogen and oxygen atoms in total. The highest BCUT2D eigenvalue weighted by Crippen LogP contribution is 2.30. The third kappa shape index (κ3) is 4.00. The summed E-state index contributed by atoms with van der Waals surface area (Å²) in [7, 11) is 0. The molecule has 0 radical (unpaired) electrons. The predicted octanol–water partition coefficient (Wildman–Crippen LogP) is 3.67. The van der Waals surface area contributed by atoms with Gasteiger partial charge in [-0.1, -0.05) is 5.16 Å². The largest absolute Gasteiger partial charge is 0.471 e. The smallest absolute Gasteiger partial charge is 0.350 e. The second-order valence-electron chi connectivity index (χ2n) is 6.33. The molecular weight excluding hydrogens is 406 g/mol. The summed E-state index contributed by atoms with van der Waals surface area (Å²) in [5.74, 6) is -2.40. The van der Waals surface area contributed by atoms with Gasteiger partial charge in [0.2, 0.25) is 5.82 Å². The lowest BCUT2D eigenvalue weighted by molar-refractivity contribution is -0.159. The van der Waals surface area contributed by atoms with E-state index in [1.54, 1.807) is 29.1 Å². The summed E-state index contributed by atoms with van der Waals surface area (Å²) in [5.41, 5.74) is 1.90. The van der Waals surface area contributed by atoms with Crippen LogP contribution in [0.2, 0.25) is 0 Å². The van der Waals surface area contributed by atoms with Gasteiger partial charge in [0.25, 0.3) is 5.91 Å². The van der Waals surface area contributed by atoms with Crippen LogP contribution in [0.1, 0.15) is 16.2 Å². The van der Waals surface area contributed by atoms with Crippen molar-refractivity contribution < 1.29 is 26.9 Å². The molecule has 11 heteroatoms. The number of carbonyl (C=O) groups excluding carboxylic acids is 1. The molecule has 4 aromatic rings. The summed E-state index contributed by atoms with van der Waals surface area (Å²) in [6.45, 7) is 0.610. The van der Waals surface area contributed by atoms with Crippen LogP contribution in [-0.2, 0) is 12.7 Å². The number of nitrogens with one attached hydrogen (secondary N) is 1. The number of fused-ring (bicyclic) bond motifs is 1. The van der Waals surface area contributed by atoms with Crippen molar-refractivity contribution >= 4 is 16.9 Å². The molecule has 2 aromatic heterocycles. The number of rotatable bonds is 5. The Labute approximate surface area is 166 Å². The summed E-state index contributed by atoms with van der Waals surface area (Å²) in [5, 5.41) is 6.09. The summed E-state index contributed by atoms with van der Waals surface area (Å²) in [4.78, 5) is 19.7. The second-order valence-corrected chi connectivity index (χ2v) is 6.33. The van der Waals surface area contributed by atoms with Crippen LogP contribution >= 0.6 is 0 Å². The van der Waals surface area contributed by atoms with Gasteiger partial charge in [0.15, 0.2) is 0 Å². The molecule has 1 N–H and O–H groups in total. The average molecular weight is 419 g/mol. The number of amides is 1. The number of alkyl halides is 3. The predicted molar refractivity (Wildman–Crippen MR) is 96.8 cm³/mol.